The molecule has 19 heavy (non-hydrogen) atoms. The van der Waals surface area contributed by atoms with E-state index in [9.17, 15) is 13.5 Å². The number of halogens is 1. The molecule has 0 fully saturated rings. The fourth-order valence-electron chi connectivity index (χ4n) is 1.39. The summed E-state index contributed by atoms with van der Waals surface area (Å²) < 4.78 is 26.4. The molecular weight excluding hydrogens is 306 g/mol. The molecule has 1 rings (SSSR count). The van der Waals surface area contributed by atoms with Crippen molar-refractivity contribution < 1.29 is 13.5 Å². The fraction of sp³-hybridized carbons (Fsp3) is 0.500. The van der Waals surface area contributed by atoms with Crippen LogP contribution < -0.4 is 4.72 Å². The summed E-state index contributed by atoms with van der Waals surface area (Å²) >= 11 is 7.52. The molecule has 4 nitrogen and oxygen atoms in total. The molecule has 1 atom stereocenters. The molecule has 1 aromatic carbocycles. The van der Waals surface area contributed by atoms with Crippen LogP contribution in [0.15, 0.2) is 23.1 Å². The molecule has 0 saturated heterocycles. The molecule has 7 heteroatoms. The molecule has 2 N–H and O–H groups in total. The van der Waals surface area contributed by atoms with E-state index < -0.39 is 16.1 Å². The van der Waals surface area contributed by atoms with Crippen LogP contribution in [0.25, 0.3) is 0 Å². The van der Waals surface area contributed by atoms with Gasteiger partial charge in [-0.2, -0.15) is 11.8 Å². The van der Waals surface area contributed by atoms with E-state index in [-0.39, 0.29) is 11.4 Å². The van der Waals surface area contributed by atoms with Crippen LogP contribution in [0.1, 0.15) is 12.0 Å². The van der Waals surface area contributed by atoms with Crippen LogP contribution in [0, 0.1) is 6.92 Å². The van der Waals surface area contributed by atoms with Gasteiger partial charge in [-0.3, -0.25) is 0 Å². The number of aryl methyl sites for hydroxylation is 1. The van der Waals surface area contributed by atoms with E-state index in [4.69, 9.17) is 11.6 Å². The van der Waals surface area contributed by atoms with Crippen molar-refractivity contribution >= 4 is 33.4 Å². The third kappa shape index (κ3) is 5.31. The van der Waals surface area contributed by atoms with Gasteiger partial charge < -0.3 is 5.11 Å². The first-order valence-electron chi connectivity index (χ1n) is 5.79. The second-order valence-corrected chi connectivity index (χ2v) is 7.36. The Morgan fingerprint density at radius 3 is 2.74 bits per heavy atom. The first kappa shape index (κ1) is 16.8. The third-order valence-corrected chi connectivity index (χ3v) is 5.09. The average molecular weight is 324 g/mol. The normalized spacial score (nSPS) is 13.5. The van der Waals surface area contributed by atoms with Gasteiger partial charge in [-0.25, -0.2) is 13.1 Å². The lowest BCUT2D eigenvalue weighted by molar-refractivity contribution is 0.175. The monoisotopic (exact) mass is 323 g/mol. The molecule has 0 aliphatic heterocycles. The molecule has 108 valence electrons. The van der Waals surface area contributed by atoms with E-state index in [1.54, 1.807) is 24.8 Å². The Bertz CT molecular complexity index is 520. The van der Waals surface area contributed by atoms with Crippen LogP contribution in [0.3, 0.4) is 0 Å². The number of hydrogen-bond acceptors (Lipinski definition) is 4. The van der Waals surface area contributed by atoms with Gasteiger partial charge in [0.1, 0.15) is 0 Å². The lowest BCUT2D eigenvalue weighted by Gasteiger charge is -2.12. The minimum absolute atomic E-state index is 0.00832. The summed E-state index contributed by atoms with van der Waals surface area (Å²) in [5, 5.41) is 10.0. The van der Waals surface area contributed by atoms with Gasteiger partial charge in [-0.15, -0.1) is 0 Å². The minimum Gasteiger partial charge on any atom is -0.392 e. The maximum Gasteiger partial charge on any atom is 0.240 e. The Labute approximate surface area is 123 Å². The van der Waals surface area contributed by atoms with Crippen molar-refractivity contribution in [1.29, 1.82) is 0 Å². The Balaban J connectivity index is 2.68. The van der Waals surface area contributed by atoms with Gasteiger partial charge >= 0.3 is 0 Å². The first-order chi connectivity index (χ1) is 8.86. The fourth-order valence-corrected chi connectivity index (χ4v) is 3.24. The quantitative estimate of drug-likeness (QED) is 0.806. The minimum atomic E-state index is -3.62. The number of aliphatic hydroxyl groups excluding tert-OH is 1. The van der Waals surface area contributed by atoms with Gasteiger partial charge in [0, 0.05) is 11.6 Å². The summed E-state index contributed by atoms with van der Waals surface area (Å²) in [5.74, 6) is 0.791. The number of aliphatic hydroxyl groups is 1. The molecule has 0 saturated carbocycles. The standard InChI is InChI=1S/C12H18ClNO3S2/c1-9-3-4-11(7-12(9)13)19(16,17)14-8-10(15)5-6-18-2/h3-4,7,10,14-15H,5-6,8H2,1-2H3. The van der Waals surface area contributed by atoms with Gasteiger partial charge in [0.2, 0.25) is 10.0 Å². The zero-order chi connectivity index (χ0) is 14.5. The van der Waals surface area contributed by atoms with Gasteiger partial charge in [0.25, 0.3) is 0 Å². The molecule has 1 aromatic rings. The van der Waals surface area contributed by atoms with Crippen molar-refractivity contribution in [2.24, 2.45) is 0 Å². The summed E-state index contributed by atoms with van der Waals surface area (Å²) in [4.78, 5) is 0.111. The van der Waals surface area contributed by atoms with Crippen LogP contribution in [-0.2, 0) is 10.0 Å². The van der Waals surface area contributed by atoms with E-state index in [1.165, 1.54) is 12.1 Å². The van der Waals surface area contributed by atoms with Crippen molar-refractivity contribution in [2.45, 2.75) is 24.3 Å². The second kappa shape index (κ2) is 7.50. The zero-order valence-corrected chi connectivity index (χ0v) is 13.3. The van der Waals surface area contributed by atoms with Gasteiger partial charge in [-0.05, 0) is 43.0 Å². The molecule has 0 bridgehead atoms. The Morgan fingerprint density at radius 1 is 1.47 bits per heavy atom. The Morgan fingerprint density at radius 2 is 2.16 bits per heavy atom. The van der Waals surface area contributed by atoms with Crippen LogP contribution in [-0.4, -0.2) is 38.2 Å². The lowest BCUT2D eigenvalue weighted by Crippen LogP contribution is -2.32. The van der Waals surface area contributed by atoms with Crippen LogP contribution >= 0.6 is 23.4 Å². The summed E-state index contributed by atoms with van der Waals surface area (Å²) in [6, 6.07) is 4.56. The van der Waals surface area contributed by atoms with Crippen LogP contribution in [0.5, 0.6) is 0 Å². The molecule has 0 aliphatic carbocycles. The highest BCUT2D eigenvalue weighted by Crippen LogP contribution is 2.19. The molecule has 0 heterocycles. The van der Waals surface area contributed by atoms with E-state index in [2.05, 4.69) is 4.72 Å². The van der Waals surface area contributed by atoms with E-state index >= 15 is 0 Å². The summed E-state index contributed by atoms with van der Waals surface area (Å²) in [6.45, 7) is 1.81. The maximum absolute atomic E-state index is 12.0. The highest BCUT2D eigenvalue weighted by Gasteiger charge is 2.16. The predicted octanol–water partition coefficient (Wildman–Crippen LogP) is 2.04. The lowest BCUT2D eigenvalue weighted by atomic mass is 10.2. The summed E-state index contributed by atoms with van der Waals surface area (Å²) in [5.41, 5.74) is 0.820. The number of hydrogen-bond donors (Lipinski definition) is 2. The smallest absolute Gasteiger partial charge is 0.240 e. The molecule has 1 unspecified atom stereocenters. The van der Waals surface area contributed by atoms with Gasteiger partial charge in [0.15, 0.2) is 0 Å². The SMILES string of the molecule is CSCCC(O)CNS(=O)(=O)c1ccc(C)c(Cl)c1. The van der Waals surface area contributed by atoms with Crippen molar-refractivity contribution in [3.8, 4) is 0 Å². The molecule has 0 aromatic heterocycles. The van der Waals surface area contributed by atoms with Crippen molar-refractivity contribution in [3.63, 3.8) is 0 Å². The molecular formula is C12H18ClNO3S2. The third-order valence-electron chi connectivity index (χ3n) is 2.62. The first-order valence-corrected chi connectivity index (χ1v) is 9.05. The van der Waals surface area contributed by atoms with E-state index in [0.29, 0.717) is 11.4 Å². The Kier molecular flexibility index (Phi) is 6.62. The number of benzene rings is 1. The summed E-state index contributed by atoms with van der Waals surface area (Å²) in [7, 11) is -3.62. The predicted molar refractivity (Wildman–Crippen MR) is 80.4 cm³/mol. The highest BCUT2D eigenvalue weighted by molar-refractivity contribution is 7.98. The van der Waals surface area contributed by atoms with Crippen molar-refractivity contribution in [1.82, 2.24) is 4.72 Å². The molecule has 0 aliphatic rings. The average Bonchev–Trinajstić information content (AvgIpc) is 2.37. The zero-order valence-electron chi connectivity index (χ0n) is 10.9. The highest BCUT2D eigenvalue weighted by atomic mass is 35.5. The molecule has 0 radical (unpaired) electrons. The number of nitrogens with one attached hydrogen (secondary N) is 1. The van der Waals surface area contributed by atoms with Crippen molar-refractivity contribution in [2.75, 3.05) is 18.6 Å². The number of thioether (sulfide) groups is 1. The van der Waals surface area contributed by atoms with Gasteiger partial charge in [-0.1, -0.05) is 17.7 Å². The molecule has 0 spiro atoms. The number of rotatable bonds is 7. The van der Waals surface area contributed by atoms with Crippen LogP contribution in [0.4, 0.5) is 0 Å². The Hall–Kier alpha value is -0.270. The van der Waals surface area contributed by atoms with Crippen molar-refractivity contribution in [3.05, 3.63) is 28.8 Å². The number of sulfonamides is 1. The van der Waals surface area contributed by atoms with Gasteiger partial charge in [0.05, 0.1) is 11.0 Å². The topological polar surface area (TPSA) is 66.4 Å². The summed E-state index contributed by atoms with van der Waals surface area (Å²) in [6.07, 6.45) is 1.81. The largest absolute Gasteiger partial charge is 0.392 e. The van der Waals surface area contributed by atoms with Crippen LogP contribution in [0.2, 0.25) is 5.02 Å². The second-order valence-electron chi connectivity index (χ2n) is 4.20. The maximum atomic E-state index is 12.0. The molecule has 0 amide bonds. The van der Waals surface area contributed by atoms with E-state index in [1.807, 2.05) is 6.26 Å². The van der Waals surface area contributed by atoms with E-state index in [0.717, 1.165) is 11.3 Å².